The van der Waals surface area contributed by atoms with Crippen LogP contribution >= 0.6 is 0 Å². The van der Waals surface area contributed by atoms with E-state index < -0.39 is 0 Å². The van der Waals surface area contributed by atoms with Crippen molar-refractivity contribution in [2.45, 2.75) is 78.4 Å². The Morgan fingerprint density at radius 3 is 2.75 bits per heavy atom. The molecule has 4 heteroatoms. The molecule has 0 spiro atoms. The van der Waals surface area contributed by atoms with Gasteiger partial charge in [0, 0.05) is 18.4 Å². The van der Waals surface area contributed by atoms with Gasteiger partial charge in [-0.3, -0.25) is 4.79 Å². The highest BCUT2D eigenvalue weighted by Gasteiger charge is 2.45. The number of fused-ring (bicyclic) bond motifs is 1. The van der Waals surface area contributed by atoms with E-state index in [0.717, 1.165) is 32.1 Å². The third-order valence-electron chi connectivity index (χ3n) is 7.10. The Kier molecular flexibility index (Phi) is 7.00. The van der Waals surface area contributed by atoms with E-state index in [-0.39, 0.29) is 30.1 Å². The molecule has 1 heterocycles. The predicted octanol–water partition coefficient (Wildman–Crippen LogP) is 5.08. The molecule has 4 nitrogen and oxygen atoms in total. The lowest BCUT2D eigenvalue weighted by Gasteiger charge is -2.47. The van der Waals surface area contributed by atoms with Crippen LogP contribution in [-0.4, -0.2) is 24.1 Å². The zero-order valence-corrected chi connectivity index (χ0v) is 17.8. The van der Waals surface area contributed by atoms with Crippen molar-refractivity contribution in [3.05, 3.63) is 24.3 Å². The molecule has 2 aliphatic carbocycles. The topological polar surface area (TPSA) is 52.6 Å². The van der Waals surface area contributed by atoms with Crippen LogP contribution < -0.4 is 0 Å². The first-order valence-corrected chi connectivity index (χ1v) is 11.1. The second-order valence-corrected chi connectivity index (χ2v) is 9.28. The average molecular weight is 389 g/mol. The summed E-state index contributed by atoms with van der Waals surface area (Å²) in [6.07, 6.45) is 13.8. The Balaban J connectivity index is 1.72. The van der Waals surface area contributed by atoms with Crippen molar-refractivity contribution in [2.75, 3.05) is 0 Å². The maximum atomic E-state index is 12.5. The summed E-state index contributed by atoms with van der Waals surface area (Å²) in [4.78, 5) is 24.1. The van der Waals surface area contributed by atoms with Crippen LogP contribution in [0.5, 0.6) is 0 Å². The van der Waals surface area contributed by atoms with Crippen molar-refractivity contribution in [3.63, 3.8) is 0 Å². The summed E-state index contributed by atoms with van der Waals surface area (Å²) in [7, 11) is 0. The quantitative estimate of drug-likeness (QED) is 0.470. The van der Waals surface area contributed by atoms with Crippen LogP contribution in [0.15, 0.2) is 24.3 Å². The molecule has 1 fully saturated rings. The fourth-order valence-corrected chi connectivity index (χ4v) is 5.30. The standard InChI is InChI=1S/C24H36O4/c1-5-16(3)24(26)28-21-14-15(2)13-18-10-9-17(4)20(23(18)21)12-11-19-7-6-8-22(25)27-19/h6,8-10,15-21,23H,5,7,11-14H2,1-4H3/t15-,16-,17-,18?,19-,20-,21-,23-/m0/s1. The van der Waals surface area contributed by atoms with E-state index in [9.17, 15) is 9.59 Å². The molecular formula is C24H36O4. The van der Waals surface area contributed by atoms with E-state index in [1.165, 1.54) is 12.5 Å². The lowest BCUT2D eigenvalue weighted by Crippen LogP contribution is -2.46. The van der Waals surface area contributed by atoms with Gasteiger partial charge < -0.3 is 9.47 Å². The summed E-state index contributed by atoms with van der Waals surface area (Å²) in [6.45, 7) is 8.54. The highest BCUT2D eigenvalue weighted by atomic mass is 16.5. The van der Waals surface area contributed by atoms with Crippen LogP contribution in [0.1, 0.15) is 66.2 Å². The normalized spacial score (nSPS) is 38.4. The number of ether oxygens (including phenoxy) is 2. The smallest absolute Gasteiger partial charge is 0.330 e. The number of carbonyl (C=O) groups excluding carboxylic acids is 2. The summed E-state index contributed by atoms with van der Waals surface area (Å²) >= 11 is 0. The Labute approximate surface area is 169 Å². The van der Waals surface area contributed by atoms with E-state index in [1.54, 1.807) is 0 Å². The lowest BCUT2D eigenvalue weighted by atomic mass is 9.60. The molecule has 156 valence electrons. The minimum absolute atomic E-state index is 0.00134. The molecule has 0 N–H and O–H groups in total. The fraction of sp³-hybridized carbons (Fsp3) is 0.750. The molecule has 0 aromatic heterocycles. The van der Waals surface area contributed by atoms with Crippen LogP contribution in [0, 0.1) is 35.5 Å². The summed E-state index contributed by atoms with van der Waals surface area (Å²) in [5.74, 6) is 2.02. The molecule has 0 aromatic rings. The number of esters is 2. The number of allylic oxidation sites excluding steroid dienone is 2. The first-order valence-electron chi connectivity index (χ1n) is 11.1. The van der Waals surface area contributed by atoms with E-state index >= 15 is 0 Å². The number of carbonyl (C=O) groups is 2. The van der Waals surface area contributed by atoms with Gasteiger partial charge in [0.2, 0.25) is 0 Å². The molecular weight excluding hydrogens is 352 g/mol. The van der Waals surface area contributed by atoms with Gasteiger partial charge in [-0.1, -0.05) is 45.9 Å². The maximum Gasteiger partial charge on any atom is 0.330 e. The van der Waals surface area contributed by atoms with Crippen molar-refractivity contribution < 1.29 is 19.1 Å². The predicted molar refractivity (Wildman–Crippen MR) is 109 cm³/mol. The molecule has 0 radical (unpaired) electrons. The maximum absolute atomic E-state index is 12.5. The summed E-state index contributed by atoms with van der Waals surface area (Å²) < 4.78 is 11.6. The molecule has 28 heavy (non-hydrogen) atoms. The van der Waals surface area contributed by atoms with Gasteiger partial charge in [-0.25, -0.2) is 4.79 Å². The Morgan fingerprint density at radius 1 is 1.25 bits per heavy atom. The van der Waals surface area contributed by atoms with E-state index in [4.69, 9.17) is 9.47 Å². The van der Waals surface area contributed by atoms with Crippen molar-refractivity contribution in [1.29, 1.82) is 0 Å². The molecule has 1 unspecified atom stereocenters. The van der Waals surface area contributed by atoms with Gasteiger partial charge in [-0.05, 0) is 55.8 Å². The van der Waals surface area contributed by atoms with Crippen LogP contribution in [0.2, 0.25) is 0 Å². The van der Waals surface area contributed by atoms with E-state index in [2.05, 4.69) is 26.0 Å². The van der Waals surface area contributed by atoms with Crippen molar-refractivity contribution in [3.8, 4) is 0 Å². The molecule has 3 rings (SSSR count). The molecule has 0 amide bonds. The van der Waals surface area contributed by atoms with Gasteiger partial charge in [0.15, 0.2) is 0 Å². The van der Waals surface area contributed by atoms with Crippen LogP contribution in [0.4, 0.5) is 0 Å². The number of hydrogen-bond acceptors (Lipinski definition) is 4. The summed E-state index contributed by atoms with van der Waals surface area (Å²) in [5, 5.41) is 0. The van der Waals surface area contributed by atoms with Gasteiger partial charge in [-0.15, -0.1) is 0 Å². The average Bonchev–Trinajstić information content (AvgIpc) is 2.66. The summed E-state index contributed by atoms with van der Waals surface area (Å²) in [6, 6.07) is 0. The van der Waals surface area contributed by atoms with Gasteiger partial charge >= 0.3 is 11.9 Å². The van der Waals surface area contributed by atoms with Gasteiger partial charge in [-0.2, -0.15) is 0 Å². The number of cyclic esters (lactones) is 1. The van der Waals surface area contributed by atoms with E-state index in [0.29, 0.717) is 29.6 Å². The van der Waals surface area contributed by atoms with Crippen molar-refractivity contribution in [2.24, 2.45) is 35.5 Å². The van der Waals surface area contributed by atoms with E-state index in [1.807, 2.05) is 19.9 Å². The number of hydrogen-bond donors (Lipinski definition) is 0. The van der Waals surface area contributed by atoms with Gasteiger partial charge in [0.25, 0.3) is 0 Å². The Bertz CT molecular complexity index is 622. The molecule has 1 saturated carbocycles. The second kappa shape index (κ2) is 9.28. The lowest BCUT2D eigenvalue weighted by molar-refractivity contribution is -0.164. The minimum Gasteiger partial charge on any atom is -0.462 e. The Morgan fingerprint density at radius 2 is 2.04 bits per heavy atom. The minimum atomic E-state index is -0.224. The van der Waals surface area contributed by atoms with Crippen LogP contribution in [0.25, 0.3) is 0 Å². The third-order valence-corrected chi connectivity index (χ3v) is 7.10. The molecule has 8 atom stereocenters. The summed E-state index contributed by atoms with van der Waals surface area (Å²) in [5.41, 5.74) is 0. The van der Waals surface area contributed by atoms with Crippen molar-refractivity contribution >= 4 is 11.9 Å². The second-order valence-electron chi connectivity index (χ2n) is 9.28. The van der Waals surface area contributed by atoms with Crippen LogP contribution in [0.3, 0.4) is 0 Å². The molecule has 1 aliphatic heterocycles. The van der Waals surface area contributed by atoms with Gasteiger partial charge in [0.05, 0.1) is 5.92 Å². The highest BCUT2D eigenvalue weighted by molar-refractivity contribution is 5.82. The molecule has 0 bridgehead atoms. The van der Waals surface area contributed by atoms with Crippen molar-refractivity contribution in [1.82, 2.24) is 0 Å². The Hall–Kier alpha value is -1.58. The largest absolute Gasteiger partial charge is 0.462 e. The first-order chi connectivity index (χ1) is 13.4. The zero-order valence-electron chi connectivity index (χ0n) is 17.8. The molecule has 0 saturated heterocycles. The third kappa shape index (κ3) is 4.87. The fourth-order valence-electron chi connectivity index (χ4n) is 5.30. The molecule has 0 aromatic carbocycles. The monoisotopic (exact) mass is 388 g/mol. The van der Waals surface area contributed by atoms with Gasteiger partial charge in [0.1, 0.15) is 12.2 Å². The first kappa shape index (κ1) is 21.1. The molecule has 3 aliphatic rings. The number of rotatable bonds is 6. The zero-order chi connectivity index (χ0) is 20.3. The van der Waals surface area contributed by atoms with Crippen LogP contribution in [-0.2, 0) is 19.1 Å². The highest BCUT2D eigenvalue weighted by Crippen LogP contribution is 2.48. The SMILES string of the molecule is CC[C@H](C)C(=O)O[C@H]1C[C@@H](C)CC2C=C[C@H](C)[C@H](CC[C@@H]3CC=CC(=O)O3)[C@H]21.